The number of aromatic nitrogens is 7. The summed E-state index contributed by atoms with van der Waals surface area (Å²) in [6.45, 7) is 4.21. The Morgan fingerprint density at radius 1 is 1.03 bits per heavy atom. The molecule has 0 aliphatic heterocycles. The summed E-state index contributed by atoms with van der Waals surface area (Å²) in [6.07, 6.45) is 5.36. The van der Waals surface area contributed by atoms with Crippen molar-refractivity contribution >= 4 is 50.0 Å². The zero-order valence-electron chi connectivity index (χ0n) is 16.9. The van der Waals surface area contributed by atoms with Crippen LogP contribution in [0.1, 0.15) is 17.1 Å². The number of hydrogen-bond donors (Lipinski definition) is 0. The van der Waals surface area contributed by atoms with Gasteiger partial charge < -0.3 is 0 Å². The molecule has 0 unspecified atom stereocenters. The van der Waals surface area contributed by atoms with Crippen LogP contribution in [0.25, 0.3) is 32.6 Å². The molecule has 9 heteroatoms. The first-order valence-corrected chi connectivity index (χ1v) is 11.6. The standard InChI is InChI=1S/C22H17N7S2/c1-13-14(2)29(15-6-5-9-23-10-15)20-19(13)21-26-18(27-28(21)12-24-20)11-30-22-25-16-7-3-4-8-17(16)31-22/h3-10,12H,11H2,1-2H3. The van der Waals surface area contributed by atoms with E-state index in [2.05, 4.69) is 34.6 Å². The zero-order valence-corrected chi connectivity index (χ0v) is 18.5. The van der Waals surface area contributed by atoms with Gasteiger partial charge in [-0.1, -0.05) is 23.9 Å². The molecule has 0 fully saturated rings. The van der Waals surface area contributed by atoms with E-state index in [0.29, 0.717) is 5.75 Å². The van der Waals surface area contributed by atoms with E-state index in [9.17, 15) is 0 Å². The molecule has 152 valence electrons. The number of aryl methyl sites for hydroxylation is 1. The van der Waals surface area contributed by atoms with E-state index in [-0.39, 0.29) is 0 Å². The highest BCUT2D eigenvalue weighted by atomic mass is 32.2. The molecule has 0 saturated heterocycles. The van der Waals surface area contributed by atoms with Crippen LogP contribution in [0.15, 0.2) is 59.5 Å². The summed E-state index contributed by atoms with van der Waals surface area (Å²) in [5.74, 6) is 1.43. The van der Waals surface area contributed by atoms with Gasteiger partial charge in [-0.3, -0.25) is 9.55 Å². The lowest BCUT2D eigenvalue weighted by Crippen LogP contribution is -1.99. The third-order valence-corrected chi connectivity index (χ3v) is 7.56. The van der Waals surface area contributed by atoms with Crippen LogP contribution < -0.4 is 0 Å². The number of rotatable bonds is 4. The summed E-state index contributed by atoms with van der Waals surface area (Å²) < 4.78 is 6.12. The molecular formula is C22H17N7S2. The SMILES string of the molecule is Cc1c(C)n(-c2cccnc2)c2ncn3nc(CSc4nc5ccccc5s4)nc3c12. The molecule has 0 amide bonds. The number of nitrogens with zero attached hydrogens (tertiary/aromatic N) is 7. The van der Waals surface area contributed by atoms with Crippen molar-refractivity contribution in [3.8, 4) is 5.69 Å². The van der Waals surface area contributed by atoms with Crippen molar-refractivity contribution in [2.75, 3.05) is 0 Å². The molecule has 0 spiro atoms. The molecule has 0 N–H and O–H groups in total. The number of para-hydroxylation sites is 1. The maximum atomic E-state index is 4.86. The van der Waals surface area contributed by atoms with E-state index in [1.807, 2.05) is 36.5 Å². The number of hydrogen-bond acceptors (Lipinski definition) is 7. The molecule has 7 nitrogen and oxygen atoms in total. The Morgan fingerprint density at radius 3 is 2.77 bits per heavy atom. The number of thioether (sulfide) groups is 1. The quantitative estimate of drug-likeness (QED) is 0.358. The molecule has 31 heavy (non-hydrogen) atoms. The maximum Gasteiger partial charge on any atom is 0.168 e. The van der Waals surface area contributed by atoms with Gasteiger partial charge in [0, 0.05) is 11.9 Å². The molecule has 0 aliphatic carbocycles. The average Bonchev–Trinajstić information content (AvgIpc) is 3.47. The topological polar surface area (TPSA) is 73.8 Å². The van der Waals surface area contributed by atoms with E-state index in [4.69, 9.17) is 15.0 Å². The normalized spacial score (nSPS) is 11.8. The van der Waals surface area contributed by atoms with Gasteiger partial charge in [0.2, 0.25) is 0 Å². The van der Waals surface area contributed by atoms with Crippen molar-refractivity contribution in [1.29, 1.82) is 0 Å². The van der Waals surface area contributed by atoms with Crippen LogP contribution in [-0.4, -0.2) is 34.1 Å². The Kier molecular flexibility index (Phi) is 4.25. The fraction of sp³-hybridized carbons (Fsp3) is 0.136. The highest BCUT2D eigenvalue weighted by Gasteiger charge is 2.19. The first-order chi connectivity index (χ1) is 15.2. The summed E-state index contributed by atoms with van der Waals surface area (Å²) in [5.41, 5.74) is 5.99. The van der Waals surface area contributed by atoms with Gasteiger partial charge >= 0.3 is 0 Å². The van der Waals surface area contributed by atoms with Gasteiger partial charge in [-0.05, 0) is 43.7 Å². The first kappa shape index (κ1) is 18.5. The van der Waals surface area contributed by atoms with Gasteiger partial charge in [-0.15, -0.1) is 16.4 Å². The highest BCUT2D eigenvalue weighted by Crippen LogP contribution is 2.32. The Labute approximate surface area is 185 Å². The predicted molar refractivity (Wildman–Crippen MR) is 124 cm³/mol. The molecule has 1 aromatic carbocycles. The van der Waals surface area contributed by atoms with Crippen LogP contribution in [0.4, 0.5) is 0 Å². The summed E-state index contributed by atoms with van der Waals surface area (Å²) in [5, 5.41) is 5.68. The highest BCUT2D eigenvalue weighted by molar-refractivity contribution is 8.00. The van der Waals surface area contributed by atoms with Crippen molar-refractivity contribution in [2.45, 2.75) is 23.9 Å². The van der Waals surface area contributed by atoms with Crippen LogP contribution in [0.2, 0.25) is 0 Å². The Hall–Kier alpha value is -3.30. The number of benzene rings is 1. The van der Waals surface area contributed by atoms with Crippen LogP contribution in [0.5, 0.6) is 0 Å². The second-order valence-corrected chi connectivity index (χ2v) is 9.49. The van der Waals surface area contributed by atoms with E-state index < -0.39 is 0 Å². The summed E-state index contributed by atoms with van der Waals surface area (Å²) >= 11 is 3.36. The molecule has 6 rings (SSSR count). The second-order valence-electron chi connectivity index (χ2n) is 7.23. The van der Waals surface area contributed by atoms with Crippen molar-refractivity contribution in [3.05, 3.63) is 72.2 Å². The first-order valence-electron chi connectivity index (χ1n) is 9.79. The lowest BCUT2D eigenvalue weighted by atomic mass is 10.2. The van der Waals surface area contributed by atoms with E-state index in [1.54, 1.807) is 40.1 Å². The minimum absolute atomic E-state index is 0.657. The monoisotopic (exact) mass is 443 g/mol. The van der Waals surface area contributed by atoms with Crippen LogP contribution >= 0.6 is 23.1 Å². The summed E-state index contributed by atoms with van der Waals surface area (Å²) in [4.78, 5) is 18.5. The lowest BCUT2D eigenvalue weighted by molar-refractivity contribution is 0.896. The molecule has 6 aromatic rings. The Morgan fingerprint density at radius 2 is 1.94 bits per heavy atom. The molecule has 0 aliphatic rings. The molecule has 5 aromatic heterocycles. The zero-order chi connectivity index (χ0) is 20.9. The second kappa shape index (κ2) is 7.14. The molecule has 0 bridgehead atoms. The largest absolute Gasteiger partial charge is 0.297 e. The molecule has 5 heterocycles. The van der Waals surface area contributed by atoms with Gasteiger partial charge in [0.15, 0.2) is 21.5 Å². The van der Waals surface area contributed by atoms with Gasteiger partial charge in [0.25, 0.3) is 0 Å². The number of pyridine rings is 1. The summed E-state index contributed by atoms with van der Waals surface area (Å²) in [7, 11) is 0. The Bertz CT molecular complexity index is 1530. The van der Waals surface area contributed by atoms with Crippen LogP contribution in [-0.2, 0) is 5.75 Å². The van der Waals surface area contributed by atoms with Crippen molar-refractivity contribution in [1.82, 2.24) is 34.1 Å². The van der Waals surface area contributed by atoms with Gasteiger partial charge in [-0.25, -0.2) is 19.5 Å². The number of fused-ring (bicyclic) bond motifs is 4. The molecule has 0 radical (unpaired) electrons. The van der Waals surface area contributed by atoms with Gasteiger partial charge in [0.1, 0.15) is 6.33 Å². The number of thiazole rings is 1. The third kappa shape index (κ3) is 3.00. The Balaban J connectivity index is 1.40. The van der Waals surface area contributed by atoms with E-state index in [1.165, 1.54) is 4.70 Å². The van der Waals surface area contributed by atoms with Gasteiger partial charge in [0.05, 0.1) is 33.2 Å². The van der Waals surface area contributed by atoms with Crippen LogP contribution in [0, 0.1) is 13.8 Å². The van der Waals surface area contributed by atoms with Crippen LogP contribution in [0.3, 0.4) is 0 Å². The van der Waals surface area contributed by atoms with E-state index in [0.717, 1.165) is 49.3 Å². The molecule has 0 atom stereocenters. The van der Waals surface area contributed by atoms with Crippen molar-refractivity contribution in [2.24, 2.45) is 0 Å². The third-order valence-electron chi connectivity index (χ3n) is 5.38. The minimum Gasteiger partial charge on any atom is -0.297 e. The molecular weight excluding hydrogens is 426 g/mol. The smallest absolute Gasteiger partial charge is 0.168 e. The van der Waals surface area contributed by atoms with Crippen molar-refractivity contribution < 1.29 is 0 Å². The molecule has 0 saturated carbocycles. The average molecular weight is 444 g/mol. The van der Waals surface area contributed by atoms with Crippen molar-refractivity contribution in [3.63, 3.8) is 0 Å². The lowest BCUT2D eigenvalue weighted by Gasteiger charge is -2.06. The predicted octanol–water partition coefficient (Wildman–Crippen LogP) is 4.98. The fourth-order valence-corrected chi connectivity index (χ4v) is 5.72. The minimum atomic E-state index is 0.657. The van der Waals surface area contributed by atoms with E-state index >= 15 is 0 Å². The fourth-order valence-electron chi connectivity index (χ4n) is 3.81. The van der Waals surface area contributed by atoms with Gasteiger partial charge in [-0.2, -0.15) is 0 Å². The summed E-state index contributed by atoms with van der Waals surface area (Å²) in [6, 6.07) is 12.2. The maximum absolute atomic E-state index is 4.86.